The van der Waals surface area contributed by atoms with Gasteiger partial charge in [0.25, 0.3) is 0 Å². The number of carboxylic acid groups (broad SMARTS) is 1. The minimum Gasteiger partial charge on any atom is -0.481 e. The molecule has 98 valence electrons. The zero-order valence-corrected chi connectivity index (χ0v) is 10.3. The van der Waals surface area contributed by atoms with Crippen LogP contribution in [0.1, 0.15) is 26.2 Å². The van der Waals surface area contributed by atoms with E-state index < -0.39 is 23.7 Å². The number of hydrogen-bond donors (Lipinski definition) is 2. The molecule has 0 saturated heterocycles. The molecule has 3 rings (SSSR count). The number of fused-ring (bicyclic) bond motifs is 2. The number of ketones is 1. The summed E-state index contributed by atoms with van der Waals surface area (Å²) in [7, 11) is 0. The van der Waals surface area contributed by atoms with Crippen molar-refractivity contribution in [3.8, 4) is 0 Å². The zero-order chi connectivity index (χ0) is 13.4. The molecule has 0 aromatic carbocycles. The van der Waals surface area contributed by atoms with Crippen LogP contribution in [0, 0.1) is 23.7 Å². The second-order valence-corrected chi connectivity index (χ2v) is 5.23. The van der Waals surface area contributed by atoms with Crippen LogP contribution >= 0.6 is 0 Å². The Morgan fingerprint density at radius 2 is 2.00 bits per heavy atom. The summed E-state index contributed by atoms with van der Waals surface area (Å²) in [4.78, 5) is 34.1. The number of nitrogens with two attached hydrogens (primary N) is 1. The molecule has 2 bridgehead atoms. The van der Waals surface area contributed by atoms with E-state index in [1.807, 2.05) is 6.08 Å². The fraction of sp³-hybridized carbons (Fsp3) is 0.615. The van der Waals surface area contributed by atoms with E-state index in [0.29, 0.717) is 0 Å². The number of rotatable bonds is 4. The minimum atomic E-state index is -0.917. The van der Waals surface area contributed by atoms with Crippen LogP contribution in [0.15, 0.2) is 11.6 Å². The van der Waals surface area contributed by atoms with Crippen molar-refractivity contribution >= 4 is 17.7 Å². The van der Waals surface area contributed by atoms with Crippen molar-refractivity contribution in [3.05, 3.63) is 11.6 Å². The summed E-state index contributed by atoms with van der Waals surface area (Å²) in [6, 6.07) is 0. The normalized spacial score (nSPS) is 33.9. The Bertz CT molecular complexity index is 440. The first-order valence-corrected chi connectivity index (χ1v) is 6.14. The van der Waals surface area contributed by atoms with Crippen LogP contribution in [0.2, 0.25) is 0 Å². The van der Waals surface area contributed by atoms with Crippen molar-refractivity contribution in [3.63, 3.8) is 0 Å². The number of hydrogen-bond acceptors (Lipinski definition) is 3. The molecular formula is C13H17NO4. The van der Waals surface area contributed by atoms with Crippen molar-refractivity contribution in [2.75, 3.05) is 0 Å². The second-order valence-electron chi connectivity index (χ2n) is 5.23. The number of carbonyl (C=O) groups is 3. The first-order valence-electron chi connectivity index (χ1n) is 6.14. The van der Waals surface area contributed by atoms with Gasteiger partial charge in [0.05, 0.1) is 5.92 Å². The molecule has 3 N–H and O–H groups in total. The first kappa shape index (κ1) is 12.8. The average Bonchev–Trinajstić information content (AvgIpc) is 2.27. The van der Waals surface area contributed by atoms with E-state index in [0.717, 1.165) is 18.4 Å². The quantitative estimate of drug-likeness (QED) is 0.720. The molecule has 4 atom stereocenters. The van der Waals surface area contributed by atoms with Crippen LogP contribution in [0.4, 0.5) is 0 Å². The molecule has 1 amide bonds. The molecule has 5 heteroatoms. The lowest BCUT2D eigenvalue weighted by Crippen LogP contribution is -2.46. The number of carboxylic acids is 1. The number of allylic oxidation sites excluding steroid dienone is 1. The Kier molecular flexibility index (Phi) is 3.24. The number of aliphatic carboxylic acids is 1. The summed E-state index contributed by atoms with van der Waals surface area (Å²) in [5.41, 5.74) is 6.05. The number of primary amides is 1. The molecule has 0 aromatic rings. The summed E-state index contributed by atoms with van der Waals surface area (Å²) < 4.78 is 0. The third kappa shape index (κ3) is 2.05. The fourth-order valence-electron chi connectivity index (χ4n) is 3.51. The zero-order valence-electron chi connectivity index (χ0n) is 10.3. The molecular weight excluding hydrogens is 234 g/mol. The Balaban J connectivity index is 2.36. The van der Waals surface area contributed by atoms with Gasteiger partial charge in [-0.25, -0.2) is 0 Å². The van der Waals surface area contributed by atoms with Crippen molar-refractivity contribution in [2.45, 2.75) is 26.2 Å². The summed E-state index contributed by atoms with van der Waals surface area (Å²) in [5, 5.41) is 9.27. The molecule has 3 aliphatic carbocycles. The van der Waals surface area contributed by atoms with Gasteiger partial charge in [-0.05, 0) is 31.6 Å². The van der Waals surface area contributed by atoms with Crippen molar-refractivity contribution in [2.24, 2.45) is 29.4 Å². The van der Waals surface area contributed by atoms with Gasteiger partial charge in [-0.1, -0.05) is 11.6 Å². The summed E-state index contributed by atoms with van der Waals surface area (Å²) >= 11 is 0. The standard InChI is InChI=1S/C13H17NO4/c1-6(15)11-9-3-2-7(12(11)13(17)18)4-8(9)5-10(14)16/h4,7,9,11-12H,2-3,5H2,1H3,(H2,14,16)(H,17,18). The average molecular weight is 251 g/mol. The molecule has 0 spiro atoms. The third-order valence-corrected chi connectivity index (χ3v) is 4.13. The van der Waals surface area contributed by atoms with Crippen molar-refractivity contribution in [1.29, 1.82) is 0 Å². The van der Waals surface area contributed by atoms with Crippen LogP contribution in [0.3, 0.4) is 0 Å². The Morgan fingerprint density at radius 3 is 2.50 bits per heavy atom. The van der Waals surface area contributed by atoms with Crippen molar-refractivity contribution in [1.82, 2.24) is 0 Å². The van der Waals surface area contributed by atoms with Gasteiger partial charge in [0.1, 0.15) is 5.78 Å². The van der Waals surface area contributed by atoms with Crippen molar-refractivity contribution < 1.29 is 19.5 Å². The van der Waals surface area contributed by atoms with Gasteiger partial charge in [0.2, 0.25) is 5.91 Å². The molecule has 1 fully saturated rings. The second kappa shape index (κ2) is 4.55. The molecule has 18 heavy (non-hydrogen) atoms. The monoisotopic (exact) mass is 251 g/mol. The lowest BCUT2D eigenvalue weighted by Gasteiger charge is -2.45. The van der Waals surface area contributed by atoms with Gasteiger partial charge >= 0.3 is 5.97 Å². The van der Waals surface area contributed by atoms with Crippen LogP contribution in [0.5, 0.6) is 0 Å². The van der Waals surface area contributed by atoms with E-state index in [9.17, 15) is 19.5 Å². The van der Waals surface area contributed by atoms with Gasteiger partial charge in [-0.3, -0.25) is 14.4 Å². The molecule has 3 aliphatic rings. The van der Waals surface area contributed by atoms with E-state index in [2.05, 4.69) is 0 Å². The highest BCUT2D eigenvalue weighted by atomic mass is 16.4. The van der Waals surface area contributed by atoms with E-state index >= 15 is 0 Å². The van der Waals surface area contributed by atoms with E-state index in [-0.39, 0.29) is 24.0 Å². The van der Waals surface area contributed by atoms with E-state index in [4.69, 9.17) is 5.73 Å². The number of Topliss-reactive ketones (excluding diaryl/α,β-unsaturated/α-hetero) is 1. The highest BCUT2D eigenvalue weighted by Crippen LogP contribution is 2.49. The van der Waals surface area contributed by atoms with Crippen LogP contribution in [-0.4, -0.2) is 22.8 Å². The van der Waals surface area contributed by atoms with Crippen LogP contribution in [-0.2, 0) is 14.4 Å². The SMILES string of the molecule is CC(=O)C1C2CCC(C=C2CC(N)=O)C1C(=O)O. The lowest BCUT2D eigenvalue weighted by atomic mass is 9.58. The third-order valence-electron chi connectivity index (χ3n) is 4.13. The number of amides is 1. The Morgan fingerprint density at radius 1 is 1.33 bits per heavy atom. The highest BCUT2D eigenvalue weighted by molar-refractivity contribution is 5.87. The highest BCUT2D eigenvalue weighted by Gasteiger charge is 2.49. The minimum absolute atomic E-state index is 0.104. The summed E-state index contributed by atoms with van der Waals surface area (Å²) in [6.07, 6.45) is 3.54. The van der Waals surface area contributed by atoms with Gasteiger partial charge < -0.3 is 10.8 Å². The van der Waals surface area contributed by atoms with Crippen LogP contribution < -0.4 is 5.73 Å². The molecule has 0 radical (unpaired) electrons. The predicted molar refractivity (Wildman–Crippen MR) is 63.4 cm³/mol. The largest absolute Gasteiger partial charge is 0.481 e. The molecule has 5 nitrogen and oxygen atoms in total. The van der Waals surface area contributed by atoms with E-state index in [1.54, 1.807) is 0 Å². The maximum Gasteiger partial charge on any atom is 0.307 e. The molecule has 1 saturated carbocycles. The Hall–Kier alpha value is -1.65. The molecule has 0 aliphatic heterocycles. The lowest BCUT2D eigenvalue weighted by molar-refractivity contribution is -0.152. The van der Waals surface area contributed by atoms with Gasteiger partial charge in [-0.15, -0.1) is 0 Å². The topological polar surface area (TPSA) is 97.5 Å². The maximum atomic E-state index is 11.7. The molecule has 0 aromatic heterocycles. The maximum absolute atomic E-state index is 11.7. The smallest absolute Gasteiger partial charge is 0.307 e. The predicted octanol–water partition coefficient (Wildman–Crippen LogP) is 0.734. The van der Waals surface area contributed by atoms with Crippen LogP contribution in [0.25, 0.3) is 0 Å². The van der Waals surface area contributed by atoms with Gasteiger partial charge in [0, 0.05) is 12.3 Å². The molecule has 4 unspecified atom stereocenters. The summed E-state index contributed by atoms with van der Waals surface area (Å²) in [5.74, 6) is -2.86. The first-order chi connectivity index (χ1) is 8.41. The molecule has 0 heterocycles. The van der Waals surface area contributed by atoms with Gasteiger partial charge in [0.15, 0.2) is 0 Å². The number of carbonyl (C=O) groups excluding carboxylic acids is 2. The van der Waals surface area contributed by atoms with Gasteiger partial charge in [-0.2, -0.15) is 0 Å². The van der Waals surface area contributed by atoms with E-state index in [1.165, 1.54) is 6.92 Å². The summed E-state index contributed by atoms with van der Waals surface area (Å²) in [6.45, 7) is 1.43. The fourth-order valence-corrected chi connectivity index (χ4v) is 3.51. The Labute approximate surface area is 105 Å².